The fourth-order valence-corrected chi connectivity index (χ4v) is 0.177. The zero-order valence-electron chi connectivity index (χ0n) is 8.84. The number of rotatable bonds is 1. The van der Waals surface area contributed by atoms with Gasteiger partial charge >= 0.3 is 6.16 Å². The lowest BCUT2D eigenvalue weighted by Gasteiger charge is -1.94. The van der Waals surface area contributed by atoms with Crippen molar-refractivity contribution in [3.05, 3.63) is 0 Å². The molecule has 0 aromatic carbocycles. The maximum Gasteiger partial charge on any atom is 0.507 e. The van der Waals surface area contributed by atoms with Crippen LogP contribution in [0.1, 0.15) is 20.8 Å². The largest absolute Gasteiger partial charge is 0.507 e. The van der Waals surface area contributed by atoms with Crippen LogP contribution in [0, 0.1) is 0 Å². The molecule has 0 aliphatic carbocycles. The van der Waals surface area contributed by atoms with Gasteiger partial charge in [0.05, 0.1) is 13.7 Å². The van der Waals surface area contributed by atoms with E-state index in [1.807, 2.05) is 13.8 Å². The zero-order chi connectivity index (χ0) is 10.4. The van der Waals surface area contributed by atoms with E-state index in [0.717, 1.165) is 0 Å². The Hall–Kier alpha value is -0.770. The molecule has 0 spiro atoms. The molecular weight excluding hydrogens is 160 g/mol. The van der Waals surface area contributed by atoms with E-state index >= 15 is 0 Å². The van der Waals surface area contributed by atoms with Crippen LogP contribution in [0.25, 0.3) is 0 Å². The van der Waals surface area contributed by atoms with Gasteiger partial charge in [-0.2, -0.15) is 0 Å². The zero-order valence-corrected chi connectivity index (χ0v) is 8.84. The van der Waals surface area contributed by atoms with Crippen molar-refractivity contribution in [3.8, 4) is 0 Å². The molecule has 0 amide bonds. The summed E-state index contributed by atoms with van der Waals surface area (Å²) in [7, 11) is 4.53. The van der Waals surface area contributed by atoms with Crippen LogP contribution in [0.15, 0.2) is 0 Å². The summed E-state index contributed by atoms with van der Waals surface area (Å²) in [6.45, 7) is 6.09. The van der Waals surface area contributed by atoms with Crippen LogP contribution in [0.5, 0.6) is 0 Å². The van der Waals surface area contributed by atoms with Crippen LogP contribution < -0.4 is 0 Å². The van der Waals surface area contributed by atoms with Gasteiger partial charge in [0.25, 0.3) is 0 Å². The van der Waals surface area contributed by atoms with Gasteiger partial charge < -0.3 is 14.2 Å². The van der Waals surface area contributed by atoms with Crippen LogP contribution in [-0.4, -0.2) is 34.1 Å². The minimum atomic E-state index is -0.623. The van der Waals surface area contributed by atoms with Gasteiger partial charge in [0, 0.05) is 14.2 Å². The monoisotopic (exact) mass is 180 g/mol. The summed E-state index contributed by atoms with van der Waals surface area (Å²) in [5.41, 5.74) is 0. The van der Waals surface area contributed by atoms with Crippen molar-refractivity contribution in [1.82, 2.24) is 0 Å². The highest BCUT2D eigenvalue weighted by Crippen LogP contribution is 1.77. The maximum absolute atomic E-state index is 9.97. The Labute approximate surface area is 74.8 Å². The molecule has 0 atom stereocenters. The molecule has 0 aliphatic rings. The second-order valence-electron chi connectivity index (χ2n) is 1.30. The highest BCUT2D eigenvalue weighted by molar-refractivity contribution is 5.59. The van der Waals surface area contributed by atoms with Crippen molar-refractivity contribution in [3.63, 3.8) is 0 Å². The highest BCUT2D eigenvalue weighted by atomic mass is 16.7. The minimum absolute atomic E-state index is 0.368. The number of ether oxygens (including phenoxy) is 3. The molecule has 4 heteroatoms. The maximum atomic E-state index is 9.97. The van der Waals surface area contributed by atoms with Crippen LogP contribution in [0.4, 0.5) is 4.79 Å². The van der Waals surface area contributed by atoms with E-state index in [1.165, 1.54) is 7.11 Å². The van der Waals surface area contributed by atoms with Crippen molar-refractivity contribution >= 4 is 6.16 Å². The number of carbonyl (C=O) groups is 1. The molecule has 12 heavy (non-hydrogen) atoms. The lowest BCUT2D eigenvalue weighted by Crippen LogP contribution is -2.02. The number of hydrogen-bond donors (Lipinski definition) is 0. The molecule has 0 saturated carbocycles. The molecule has 0 aliphatic heterocycles. The summed E-state index contributed by atoms with van der Waals surface area (Å²) in [5, 5.41) is 0. The van der Waals surface area contributed by atoms with Crippen molar-refractivity contribution in [2.24, 2.45) is 0 Å². The fraction of sp³-hybridized carbons (Fsp3) is 0.875. The van der Waals surface area contributed by atoms with Gasteiger partial charge in [0.15, 0.2) is 0 Å². The van der Waals surface area contributed by atoms with Gasteiger partial charge in [0.1, 0.15) is 0 Å². The third kappa shape index (κ3) is 34.9. The molecule has 0 aromatic heterocycles. The Balaban J connectivity index is -0.000000137. The second kappa shape index (κ2) is 22.5. The van der Waals surface area contributed by atoms with Crippen LogP contribution in [0.2, 0.25) is 0 Å². The van der Waals surface area contributed by atoms with E-state index in [9.17, 15) is 4.79 Å². The second-order valence-corrected chi connectivity index (χ2v) is 1.30. The average Bonchev–Trinajstić information content (AvgIpc) is 2.10. The summed E-state index contributed by atoms with van der Waals surface area (Å²) in [6.07, 6.45) is -0.623. The lowest BCUT2D eigenvalue weighted by atomic mass is 10.9. The van der Waals surface area contributed by atoms with Gasteiger partial charge in [-0.15, -0.1) is 0 Å². The molecule has 76 valence electrons. The van der Waals surface area contributed by atoms with Gasteiger partial charge in [-0.1, -0.05) is 13.8 Å². The molecule has 0 aromatic rings. The molecule has 0 saturated heterocycles. The Morgan fingerprint density at radius 2 is 1.50 bits per heavy atom. The molecule has 0 radical (unpaired) electrons. The third-order valence-electron chi connectivity index (χ3n) is 0.429. The lowest BCUT2D eigenvalue weighted by molar-refractivity contribution is 0.0771. The molecular formula is C8H20O4. The minimum Gasteiger partial charge on any atom is -0.438 e. The number of methoxy groups -OCH3 is 2. The normalized spacial score (nSPS) is 6.50. The summed E-state index contributed by atoms with van der Waals surface area (Å²) >= 11 is 0. The van der Waals surface area contributed by atoms with Gasteiger partial charge in [-0.05, 0) is 6.92 Å². The first kappa shape index (κ1) is 17.4. The molecule has 0 fully saturated rings. The van der Waals surface area contributed by atoms with Gasteiger partial charge in [-0.25, -0.2) is 4.79 Å². The first-order chi connectivity index (χ1) is 5.72. The van der Waals surface area contributed by atoms with Crippen molar-refractivity contribution < 1.29 is 19.0 Å². The van der Waals surface area contributed by atoms with E-state index in [1.54, 1.807) is 21.1 Å². The van der Waals surface area contributed by atoms with E-state index in [0.29, 0.717) is 6.61 Å². The smallest absolute Gasteiger partial charge is 0.438 e. The summed E-state index contributed by atoms with van der Waals surface area (Å²) in [6, 6.07) is 0. The number of hydrogen-bond acceptors (Lipinski definition) is 4. The van der Waals surface area contributed by atoms with Crippen LogP contribution in [0.3, 0.4) is 0 Å². The average molecular weight is 180 g/mol. The van der Waals surface area contributed by atoms with E-state index < -0.39 is 6.16 Å². The van der Waals surface area contributed by atoms with Gasteiger partial charge in [0.2, 0.25) is 0 Å². The molecule has 0 bridgehead atoms. The predicted molar refractivity (Wildman–Crippen MR) is 48.3 cm³/mol. The molecule has 0 unspecified atom stereocenters. The van der Waals surface area contributed by atoms with Crippen molar-refractivity contribution in [2.75, 3.05) is 27.9 Å². The summed E-state index contributed by atoms with van der Waals surface area (Å²) < 4.78 is 12.7. The first-order valence-electron chi connectivity index (χ1n) is 3.83. The Morgan fingerprint density at radius 3 is 1.58 bits per heavy atom. The van der Waals surface area contributed by atoms with E-state index in [4.69, 9.17) is 0 Å². The fourth-order valence-electron chi connectivity index (χ4n) is 0.177. The SMILES string of the molecule is CC.CCOC(=O)OC.COC. The van der Waals surface area contributed by atoms with Crippen LogP contribution >= 0.6 is 0 Å². The topological polar surface area (TPSA) is 44.8 Å². The predicted octanol–water partition coefficient (Wildman–Crippen LogP) is 2.08. The highest BCUT2D eigenvalue weighted by Gasteiger charge is 1.92. The van der Waals surface area contributed by atoms with Crippen molar-refractivity contribution in [1.29, 1.82) is 0 Å². The van der Waals surface area contributed by atoms with Crippen LogP contribution in [-0.2, 0) is 14.2 Å². The molecule has 0 heterocycles. The summed E-state index contributed by atoms with van der Waals surface area (Å²) in [4.78, 5) is 9.97. The van der Waals surface area contributed by atoms with E-state index in [-0.39, 0.29) is 0 Å². The third-order valence-corrected chi connectivity index (χ3v) is 0.429. The first-order valence-corrected chi connectivity index (χ1v) is 3.83. The Kier molecular flexibility index (Phi) is 32.5. The van der Waals surface area contributed by atoms with E-state index in [2.05, 4.69) is 14.2 Å². The van der Waals surface area contributed by atoms with Crippen molar-refractivity contribution in [2.45, 2.75) is 20.8 Å². The Bertz CT molecular complexity index is 73.5. The molecule has 0 N–H and O–H groups in total. The molecule has 0 rings (SSSR count). The molecule has 4 nitrogen and oxygen atoms in total. The quantitative estimate of drug-likeness (QED) is 0.579. The van der Waals surface area contributed by atoms with Gasteiger partial charge in [-0.3, -0.25) is 0 Å². The Morgan fingerprint density at radius 1 is 1.17 bits per heavy atom. The number of carbonyl (C=O) groups excluding carboxylic acids is 1. The summed E-state index contributed by atoms with van der Waals surface area (Å²) in [5.74, 6) is 0. The standard InChI is InChI=1S/C4H8O3.C2H6O.C2H6/c1-3-7-4(5)6-2;1-3-2;1-2/h3H2,1-2H3;1-2H3;1-2H3.